The molecule has 0 aliphatic carbocycles. The lowest BCUT2D eigenvalue weighted by Gasteiger charge is -2.21. The third-order valence-corrected chi connectivity index (χ3v) is 4.49. The number of carboxylic acids is 3. The lowest BCUT2D eigenvalue weighted by molar-refractivity contribution is -0.144. The number of rotatable bonds is 15. The van der Waals surface area contributed by atoms with Gasteiger partial charge in [0, 0.05) is 17.6 Å². The molecule has 3 atom stereocenters. The first-order valence-electron chi connectivity index (χ1n) is 9.09. The van der Waals surface area contributed by atoms with Crippen molar-refractivity contribution in [2.24, 2.45) is 5.73 Å². The number of thioether (sulfide) groups is 1. The van der Waals surface area contributed by atoms with Crippen molar-refractivity contribution in [3.8, 4) is 0 Å². The molecule has 0 saturated heterocycles. The molecule has 15 heteroatoms. The van der Waals surface area contributed by atoms with Gasteiger partial charge >= 0.3 is 23.9 Å². The molecule has 0 radical (unpaired) electrons. The van der Waals surface area contributed by atoms with Gasteiger partial charge in [0.15, 0.2) is 0 Å². The van der Waals surface area contributed by atoms with Crippen molar-refractivity contribution < 1.29 is 53.9 Å². The molecule has 0 saturated carbocycles. The average Bonchev–Trinajstić information content (AvgIpc) is 2.69. The fourth-order valence-electron chi connectivity index (χ4n) is 2.00. The van der Waals surface area contributed by atoms with Crippen LogP contribution in [0.15, 0.2) is 11.2 Å². The molecule has 0 aliphatic rings. The molecule has 180 valence electrons. The maximum Gasteiger partial charge on any atom is 0.373 e. The molecule has 0 fully saturated rings. The highest BCUT2D eigenvalue weighted by molar-refractivity contribution is 8.02. The average molecular weight is 479 g/mol. The van der Waals surface area contributed by atoms with Crippen LogP contribution in [-0.2, 0) is 33.5 Å². The predicted molar refractivity (Wildman–Crippen MR) is 108 cm³/mol. The van der Waals surface area contributed by atoms with E-state index >= 15 is 0 Å². The first-order valence-corrected chi connectivity index (χ1v) is 10.1. The molecule has 8 N–H and O–H groups in total. The Morgan fingerprint density at radius 1 is 1.00 bits per heavy atom. The molecule has 0 aromatic carbocycles. The van der Waals surface area contributed by atoms with E-state index in [-0.39, 0.29) is 12.4 Å². The number of aliphatic hydroxyl groups is 1. The van der Waals surface area contributed by atoms with Gasteiger partial charge in [-0.1, -0.05) is 0 Å². The molecule has 0 heterocycles. The van der Waals surface area contributed by atoms with Crippen molar-refractivity contribution in [1.82, 2.24) is 10.6 Å². The summed E-state index contributed by atoms with van der Waals surface area (Å²) in [7, 11) is 0. The van der Waals surface area contributed by atoms with Gasteiger partial charge in [0.25, 0.3) is 0 Å². The summed E-state index contributed by atoms with van der Waals surface area (Å²) < 4.78 is 4.56. The molecule has 0 aliphatic heterocycles. The summed E-state index contributed by atoms with van der Waals surface area (Å²) in [4.78, 5) is 68.6. The van der Waals surface area contributed by atoms with Gasteiger partial charge in [-0.05, 0) is 13.3 Å². The minimum atomic E-state index is -1.58. The Bertz CT molecular complexity index is 756. The van der Waals surface area contributed by atoms with Crippen LogP contribution in [0, 0.1) is 0 Å². The minimum absolute atomic E-state index is 0.000753. The van der Waals surface area contributed by atoms with Crippen LogP contribution in [0.4, 0.5) is 0 Å². The van der Waals surface area contributed by atoms with E-state index in [9.17, 15) is 33.9 Å². The Hall–Kier alpha value is -3.33. The Morgan fingerprint density at radius 2 is 1.62 bits per heavy atom. The van der Waals surface area contributed by atoms with Gasteiger partial charge in [0.05, 0.1) is 13.0 Å². The molecule has 0 bridgehead atoms. The number of amides is 2. The molecule has 0 rings (SSSR count). The summed E-state index contributed by atoms with van der Waals surface area (Å²) >= 11 is 0.695. The number of carbonyl (C=O) groups excluding carboxylic acids is 3. The second-order valence-electron chi connectivity index (χ2n) is 6.16. The number of aliphatic hydroxyl groups excluding tert-OH is 1. The highest BCUT2D eigenvalue weighted by Crippen LogP contribution is 2.10. The molecular weight excluding hydrogens is 454 g/mol. The van der Waals surface area contributed by atoms with Gasteiger partial charge in [-0.2, -0.15) is 0 Å². The van der Waals surface area contributed by atoms with Crippen LogP contribution in [0.3, 0.4) is 0 Å². The second-order valence-corrected chi connectivity index (χ2v) is 7.06. The van der Waals surface area contributed by atoms with Crippen LogP contribution in [0.2, 0.25) is 0 Å². The van der Waals surface area contributed by atoms with Crippen molar-refractivity contribution in [3.05, 3.63) is 11.2 Å². The highest BCUT2D eigenvalue weighted by Gasteiger charge is 2.28. The van der Waals surface area contributed by atoms with Gasteiger partial charge in [-0.25, -0.2) is 9.59 Å². The zero-order valence-corrected chi connectivity index (χ0v) is 17.8. The van der Waals surface area contributed by atoms with E-state index in [1.165, 1.54) is 6.92 Å². The van der Waals surface area contributed by atoms with Crippen LogP contribution in [0.25, 0.3) is 0 Å². The topological polar surface area (TPSA) is 243 Å². The number of aliphatic carboxylic acids is 3. The molecule has 14 nitrogen and oxygen atoms in total. The predicted octanol–water partition coefficient (Wildman–Crippen LogP) is -1.60. The van der Waals surface area contributed by atoms with Crippen LogP contribution in [0.1, 0.15) is 26.2 Å². The number of hydrogen-bond donors (Lipinski definition) is 7. The van der Waals surface area contributed by atoms with Gasteiger partial charge in [-0.3, -0.25) is 19.2 Å². The molecule has 3 unspecified atom stereocenters. The number of carboxylic acid groups (broad SMARTS) is 3. The molecule has 0 aromatic heterocycles. The fraction of sp³-hybridized carbons (Fsp3) is 0.529. The van der Waals surface area contributed by atoms with E-state index in [1.807, 2.05) is 0 Å². The zero-order valence-electron chi connectivity index (χ0n) is 17.0. The van der Waals surface area contributed by atoms with Gasteiger partial charge < -0.3 is 41.5 Å². The first-order chi connectivity index (χ1) is 14.9. The first kappa shape index (κ1) is 28.7. The van der Waals surface area contributed by atoms with Crippen LogP contribution < -0.4 is 16.4 Å². The molecule has 0 aromatic rings. The highest BCUT2D eigenvalue weighted by atomic mass is 32.2. The van der Waals surface area contributed by atoms with E-state index in [0.29, 0.717) is 11.8 Å². The standard InChI is InChI=1S/C17H25N3O11S/c1-2-31-17(30)11(21)7-32-6-10(19-12(22)5-8(18)15(26)27)14(25)20-9(16(28)29)3-4-13(23)24/h7-10,21H,2-6,18H2,1H3,(H,19,22)(H,20,25)(H,23,24)(H,26,27)(H,28,29)/b11-7-. The van der Waals surface area contributed by atoms with Gasteiger partial charge in [0.1, 0.15) is 18.1 Å². The third-order valence-electron chi connectivity index (χ3n) is 3.58. The number of nitrogens with two attached hydrogens (primary N) is 1. The van der Waals surface area contributed by atoms with Gasteiger partial charge in [0.2, 0.25) is 17.6 Å². The fourth-order valence-corrected chi connectivity index (χ4v) is 2.77. The molecule has 2 amide bonds. The number of ether oxygens (including phenoxy) is 1. The maximum atomic E-state index is 12.5. The van der Waals surface area contributed by atoms with E-state index in [4.69, 9.17) is 21.1 Å². The largest absolute Gasteiger partial charge is 0.501 e. The van der Waals surface area contributed by atoms with Crippen molar-refractivity contribution in [2.45, 2.75) is 44.3 Å². The van der Waals surface area contributed by atoms with Crippen LogP contribution >= 0.6 is 11.8 Å². The second kappa shape index (κ2) is 14.6. The Morgan fingerprint density at radius 3 is 2.12 bits per heavy atom. The minimum Gasteiger partial charge on any atom is -0.501 e. The van der Waals surface area contributed by atoms with Crippen molar-refractivity contribution in [3.63, 3.8) is 0 Å². The smallest absolute Gasteiger partial charge is 0.373 e. The monoisotopic (exact) mass is 479 g/mol. The van der Waals surface area contributed by atoms with Crippen molar-refractivity contribution >= 4 is 47.5 Å². The molecule has 32 heavy (non-hydrogen) atoms. The third kappa shape index (κ3) is 11.8. The number of esters is 1. The summed E-state index contributed by atoms with van der Waals surface area (Å²) in [5, 5.41) is 41.4. The van der Waals surface area contributed by atoms with E-state index in [0.717, 1.165) is 5.41 Å². The quantitative estimate of drug-likeness (QED) is 0.0796. The van der Waals surface area contributed by atoms with Crippen LogP contribution in [-0.4, -0.2) is 86.6 Å². The Labute approximate surface area is 186 Å². The SMILES string of the molecule is CCOC(=O)/C(O)=C/SCC(NC(=O)CC(N)C(=O)O)C(=O)NC(CCC(=O)O)C(=O)O. The number of hydrogen-bond acceptors (Lipinski definition) is 10. The Balaban J connectivity index is 5.34. The van der Waals surface area contributed by atoms with Crippen molar-refractivity contribution in [2.75, 3.05) is 12.4 Å². The summed E-state index contributed by atoms with van der Waals surface area (Å²) in [5.41, 5.74) is 5.27. The summed E-state index contributed by atoms with van der Waals surface area (Å²) in [6, 6.07) is -4.57. The molecule has 0 spiro atoms. The zero-order chi connectivity index (χ0) is 24.8. The lowest BCUT2D eigenvalue weighted by Crippen LogP contribution is -2.53. The summed E-state index contributed by atoms with van der Waals surface area (Å²) in [6.07, 6.45) is -1.67. The normalized spacial score (nSPS) is 13.9. The number of carbonyl (C=O) groups is 6. The van der Waals surface area contributed by atoms with Gasteiger partial charge in [-0.15, -0.1) is 11.8 Å². The van der Waals surface area contributed by atoms with Crippen LogP contribution in [0.5, 0.6) is 0 Å². The van der Waals surface area contributed by atoms with Crippen molar-refractivity contribution in [1.29, 1.82) is 0 Å². The van der Waals surface area contributed by atoms with E-state index in [2.05, 4.69) is 15.4 Å². The maximum absolute atomic E-state index is 12.5. The summed E-state index contributed by atoms with van der Waals surface area (Å²) in [6.45, 7) is 1.51. The number of nitrogens with one attached hydrogen (secondary N) is 2. The van der Waals surface area contributed by atoms with E-state index < -0.39 is 78.8 Å². The molecular formula is C17H25N3O11S. The lowest BCUT2D eigenvalue weighted by atomic mass is 10.1. The Kier molecular flexibility index (Phi) is 13.1. The van der Waals surface area contributed by atoms with E-state index in [1.54, 1.807) is 0 Å². The summed E-state index contributed by atoms with van der Waals surface area (Å²) in [5.74, 6) is -8.32.